The molecule has 1 aromatic heterocycles. The van der Waals surface area contributed by atoms with Crippen LogP contribution < -0.4 is 5.32 Å². The standard InChI is InChI=1S/C20H17ClN2O3/c1-13(19(24)22-12-14-5-3-2-4-6-14)26-20(25)16-7-9-17-15(11-16)8-10-18(21)23-17/h2-11,13H,12H2,1H3,(H,22,24). The number of benzene rings is 2. The molecule has 0 radical (unpaired) electrons. The van der Waals surface area contributed by atoms with Crippen LogP contribution in [0.25, 0.3) is 10.9 Å². The van der Waals surface area contributed by atoms with Gasteiger partial charge in [0.1, 0.15) is 5.15 Å². The third-order valence-corrected chi connectivity index (χ3v) is 4.06. The van der Waals surface area contributed by atoms with E-state index in [1.165, 1.54) is 0 Å². The molecule has 0 bridgehead atoms. The first-order valence-corrected chi connectivity index (χ1v) is 8.49. The predicted octanol–water partition coefficient (Wildman–Crippen LogP) is 3.75. The number of halogens is 1. The molecule has 6 heteroatoms. The first-order chi connectivity index (χ1) is 12.5. The summed E-state index contributed by atoms with van der Waals surface area (Å²) in [6.07, 6.45) is -0.898. The zero-order valence-corrected chi connectivity index (χ0v) is 14.9. The van der Waals surface area contributed by atoms with Crippen LogP contribution in [0.15, 0.2) is 60.7 Å². The Morgan fingerprint density at radius 3 is 2.65 bits per heavy atom. The Balaban J connectivity index is 1.61. The fourth-order valence-corrected chi connectivity index (χ4v) is 2.59. The molecule has 1 heterocycles. The SMILES string of the molecule is CC(OC(=O)c1ccc2nc(Cl)ccc2c1)C(=O)NCc1ccccc1. The number of esters is 1. The van der Waals surface area contributed by atoms with Crippen molar-refractivity contribution in [2.24, 2.45) is 0 Å². The van der Waals surface area contributed by atoms with Crippen molar-refractivity contribution in [3.63, 3.8) is 0 Å². The normalized spacial score (nSPS) is 11.8. The number of carbonyl (C=O) groups excluding carboxylic acids is 2. The van der Waals surface area contributed by atoms with Gasteiger partial charge in [-0.2, -0.15) is 0 Å². The summed E-state index contributed by atoms with van der Waals surface area (Å²) in [7, 11) is 0. The summed E-state index contributed by atoms with van der Waals surface area (Å²) in [5, 5.41) is 3.90. The summed E-state index contributed by atoms with van der Waals surface area (Å²) >= 11 is 5.85. The maximum absolute atomic E-state index is 12.3. The molecule has 5 nitrogen and oxygen atoms in total. The van der Waals surface area contributed by atoms with Crippen LogP contribution in [0.4, 0.5) is 0 Å². The number of rotatable bonds is 5. The Labute approximate surface area is 156 Å². The van der Waals surface area contributed by atoms with Gasteiger partial charge in [0.25, 0.3) is 5.91 Å². The summed E-state index contributed by atoms with van der Waals surface area (Å²) in [5.41, 5.74) is 2.01. The van der Waals surface area contributed by atoms with Gasteiger partial charge >= 0.3 is 5.97 Å². The van der Waals surface area contributed by atoms with Gasteiger partial charge in [0.15, 0.2) is 6.10 Å². The highest BCUT2D eigenvalue weighted by molar-refractivity contribution is 6.29. The van der Waals surface area contributed by atoms with E-state index < -0.39 is 12.1 Å². The number of pyridine rings is 1. The molecule has 0 fully saturated rings. The fraction of sp³-hybridized carbons (Fsp3) is 0.150. The largest absolute Gasteiger partial charge is 0.449 e. The molecule has 0 saturated carbocycles. The van der Waals surface area contributed by atoms with Crippen molar-refractivity contribution in [2.75, 3.05) is 0 Å². The molecule has 1 atom stereocenters. The minimum absolute atomic E-state index is 0.351. The van der Waals surface area contributed by atoms with Gasteiger partial charge in [0.2, 0.25) is 0 Å². The molecule has 3 rings (SSSR count). The number of aromatic nitrogens is 1. The molecule has 1 amide bonds. The van der Waals surface area contributed by atoms with E-state index in [0.29, 0.717) is 22.8 Å². The van der Waals surface area contributed by atoms with E-state index in [1.807, 2.05) is 30.3 Å². The number of fused-ring (bicyclic) bond motifs is 1. The Morgan fingerprint density at radius 1 is 1.12 bits per heavy atom. The third kappa shape index (κ3) is 4.37. The number of hydrogen-bond donors (Lipinski definition) is 1. The lowest BCUT2D eigenvalue weighted by Gasteiger charge is -2.14. The minimum Gasteiger partial charge on any atom is -0.449 e. The lowest BCUT2D eigenvalue weighted by Crippen LogP contribution is -2.35. The summed E-state index contributed by atoms with van der Waals surface area (Å²) in [6.45, 7) is 1.92. The average molecular weight is 369 g/mol. The van der Waals surface area contributed by atoms with E-state index in [1.54, 1.807) is 37.3 Å². The molecule has 0 saturated heterocycles. The number of ether oxygens (including phenoxy) is 1. The van der Waals surface area contributed by atoms with Crippen LogP contribution in [0.3, 0.4) is 0 Å². The molecule has 26 heavy (non-hydrogen) atoms. The van der Waals surface area contributed by atoms with Crippen molar-refractivity contribution in [3.8, 4) is 0 Å². The van der Waals surface area contributed by atoms with Crippen LogP contribution in [-0.2, 0) is 16.1 Å². The fourth-order valence-electron chi connectivity index (χ4n) is 2.44. The number of carbonyl (C=O) groups is 2. The highest BCUT2D eigenvalue weighted by atomic mass is 35.5. The van der Waals surface area contributed by atoms with Crippen molar-refractivity contribution in [1.82, 2.24) is 10.3 Å². The molecule has 1 unspecified atom stereocenters. The van der Waals surface area contributed by atoms with Gasteiger partial charge in [-0.25, -0.2) is 9.78 Å². The van der Waals surface area contributed by atoms with E-state index in [-0.39, 0.29) is 5.91 Å². The molecule has 2 aromatic carbocycles. The lowest BCUT2D eigenvalue weighted by molar-refractivity contribution is -0.129. The third-order valence-electron chi connectivity index (χ3n) is 3.85. The quantitative estimate of drug-likeness (QED) is 0.550. The van der Waals surface area contributed by atoms with Gasteiger partial charge < -0.3 is 10.1 Å². The average Bonchev–Trinajstić information content (AvgIpc) is 2.66. The molecule has 1 N–H and O–H groups in total. The van der Waals surface area contributed by atoms with Crippen LogP contribution in [-0.4, -0.2) is 23.0 Å². The van der Waals surface area contributed by atoms with Gasteiger partial charge in [0.05, 0.1) is 11.1 Å². The summed E-state index contributed by atoms with van der Waals surface area (Å²) in [5.74, 6) is -0.916. The minimum atomic E-state index is -0.898. The summed E-state index contributed by atoms with van der Waals surface area (Å²) < 4.78 is 5.26. The van der Waals surface area contributed by atoms with E-state index in [4.69, 9.17) is 16.3 Å². The van der Waals surface area contributed by atoms with Crippen LogP contribution in [0, 0.1) is 0 Å². The Kier molecular flexibility index (Phi) is 5.49. The molecule has 0 aliphatic carbocycles. The van der Waals surface area contributed by atoms with Gasteiger partial charge in [-0.1, -0.05) is 41.9 Å². The first kappa shape index (κ1) is 17.9. The highest BCUT2D eigenvalue weighted by Gasteiger charge is 2.19. The zero-order valence-electron chi connectivity index (χ0n) is 14.1. The molecule has 0 aliphatic rings. The topological polar surface area (TPSA) is 68.3 Å². The monoisotopic (exact) mass is 368 g/mol. The molecular weight excluding hydrogens is 352 g/mol. The van der Waals surface area contributed by atoms with Crippen molar-refractivity contribution < 1.29 is 14.3 Å². The van der Waals surface area contributed by atoms with Crippen LogP contribution in [0.5, 0.6) is 0 Å². The van der Waals surface area contributed by atoms with Crippen molar-refractivity contribution in [2.45, 2.75) is 19.6 Å². The second kappa shape index (κ2) is 7.97. The first-order valence-electron chi connectivity index (χ1n) is 8.12. The number of hydrogen-bond acceptors (Lipinski definition) is 4. The van der Waals surface area contributed by atoms with Crippen molar-refractivity contribution in [1.29, 1.82) is 0 Å². The Morgan fingerprint density at radius 2 is 1.88 bits per heavy atom. The smallest absolute Gasteiger partial charge is 0.338 e. The summed E-state index contributed by atoms with van der Waals surface area (Å²) in [6, 6.07) is 17.9. The zero-order chi connectivity index (χ0) is 18.5. The number of amides is 1. The van der Waals surface area contributed by atoms with E-state index in [2.05, 4.69) is 10.3 Å². The van der Waals surface area contributed by atoms with E-state index in [0.717, 1.165) is 10.9 Å². The van der Waals surface area contributed by atoms with E-state index in [9.17, 15) is 9.59 Å². The maximum Gasteiger partial charge on any atom is 0.338 e. The van der Waals surface area contributed by atoms with E-state index >= 15 is 0 Å². The maximum atomic E-state index is 12.3. The predicted molar refractivity (Wildman–Crippen MR) is 99.9 cm³/mol. The highest BCUT2D eigenvalue weighted by Crippen LogP contribution is 2.18. The molecule has 3 aromatic rings. The van der Waals surface area contributed by atoms with Crippen LogP contribution in [0.2, 0.25) is 5.15 Å². The van der Waals surface area contributed by atoms with Crippen molar-refractivity contribution >= 4 is 34.4 Å². The summed E-state index contributed by atoms with van der Waals surface area (Å²) in [4.78, 5) is 28.6. The second-order valence-corrected chi connectivity index (χ2v) is 6.18. The van der Waals surface area contributed by atoms with Gasteiger partial charge in [-0.05, 0) is 42.8 Å². The van der Waals surface area contributed by atoms with Crippen LogP contribution in [0.1, 0.15) is 22.8 Å². The van der Waals surface area contributed by atoms with Gasteiger partial charge in [-0.15, -0.1) is 0 Å². The molecule has 132 valence electrons. The van der Waals surface area contributed by atoms with Crippen molar-refractivity contribution in [3.05, 3.63) is 76.9 Å². The van der Waals surface area contributed by atoms with Crippen LogP contribution >= 0.6 is 11.6 Å². The van der Waals surface area contributed by atoms with Gasteiger partial charge in [0, 0.05) is 11.9 Å². The lowest BCUT2D eigenvalue weighted by atomic mass is 10.1. The molecule has 0 spiro atoms. The van der Waals surface area contributed by atoms with Gasteiger partial charge in [-0.3, -0.25) is 4.79 Å². The molecule has 0 aliphatic heterocycles. The number of nitrogens with zero attached hydrogens (tertiary/aromatic N) is 1. The number of nitrogens with one attached hydrogen (secondary N) is 1. The Hall–Kier alpha value is -2.92. The Bertz CT molecular complexity index is 944. The molecular formula is C20H17ClN2O3. The second-order valence-electron chi connectivity index (χ2n) is 5.79.